The number of esters is 1. The SMILES string of the molecule is C#Cc1cc(CC(=O)O)cc(CNCC(=O)OC(C)(C)C)c1C. The molecule has 0 aliphatic rings. The van der Waals surface area contributed by atoms with Gasteiger partial charge in [0.25, 0.3) is 0 Å². The Balaban J connectivity index is 2.78. The fourth-order valence-electron chi connectivity index (χ4n) is 2.13. The van der Waals surface area contributed by atoms with Crippen LogP contribution < -0.4 is 5.32 Å². The smallest absolute Gasteiger partial charge is 0.320 e. The average Bonchev–Trinajstić information content (AvgIpc) is 2.39. The summed E-state index contributed by atoms with van der Waals surface area (Å²) >= 11 is 0. The highest BCUT2D eigenvalue weighted by Gasteiger charge is 2.16. The van der Waals surface area contributed by atoms with E-state index in [1.54, 1.807) is 12.1 Å². The van der Waals surface area contributed by atoms with E-state index in [-0.39, 0.29) is 18.9 Å². The summed E-state index contributed by atoms with van der Waals surface area (Å²) in [6, 6.07) is 3.51. The predicted molar refractivity (Wildman–Crippen MR) is 88.0 cm³/mol. The molecule has 1 rings (SSSR count). The zero-order valence-corrected chi connectivity index (χ0v) is 14.0. The minimum atomic E-state index is -0.913. The Kier molecular flexibility index (Phi) is 6.35. The van der Waals surface area contributed by atoms with Crippen LogP contribution in [0.25, 0.3) is 0 Å². The van der Waals surface area contributed by atoms with Crippen LogP contribution in [0.5, 0.6) is 0 Å². The van der Waals surface area contributed by atoms with Gasteiger partial charge in [-0.25, -0.2) is 0 Å². The molecular formula is C18H23NO4. The second kappa shape index (κ2) is 7.80. The molecule has 1 aromatic rings. The van der Waals surface area contributed by atoms with Crippen LogP contribution >= 0.6 is 0 Å². The second-order valence-electron chi connectivity index (χ2n) is 6.33. The van der Waals surface area contributed by atoms with Crippen molar-refractivity contribution >= 4 is 11.9 Å². The molecular weight excluding hydrogens is 294 g/mol. The Morgan fingerprint density at radius 2 is 2.00 bits per heavy atom. The number of hydrogen-bond acceptors (Lipinski definition) is 4. The first-order valence-corrected chi connectivity index (χ1v) is 7.35. The van der Waals surface area contributed by atoms with Crippen LogP contribution in [0.15, 0.2) is 12.1 Å². The van der Waals surface area contributed by atoms with Crippen molar-refractivity contribution in [3.8, 4) is 12.3 Å². The maximum atomic E-state index is 11.7. The highest BCUT2D eigenvalue weighted by molar-refractivity contribution is 5.72. The Morgan fingerprint density at radius 1 is 1.35 bits per heavy atom. The van der Waals surface area contributed by atoms with E-state index in [1.165, 1.54) is 0 Å². The predicted octanol–water partition coefficient (Wildman–Crippen LogP) is 2.03. The van der Waals surface area contributed by atoms with Crippen molar-refractivity contribution in [1.29, 1.82) is 0 Å². The summed E-state index contributed by atoms with van der Waals surface area (Å²) < 4.78 is 5.22. The minimum absolute atomic E-state index is 0.0747. The number of hydrogen-bond donors (Lipinski definition) is 2. The number of aliphatic carboxylic acids is 1. The molecule has 0 radical (unpaired) electrons. The van der Waals surface area contributed by atoms with E-state index in [4.69, 9.17) is 16.3 Å². The zero-order valence-electron chi connectivity index (χ0n) is 14.0. The molecule has 0 heterocycles. The molecule has 0 aliphatic carbocycles. The molecule has 0 unspecified atom stereocenters. The Hall–Kier alpha value is -2.32. The lowest BCUT2D eigenvalue weighted by Crippen LogP contribution is -2.31. The lowest BCUT2D eigenvalue weighted by molar-refractivity contribution is -0.153. The van der Waals surface area contributed by atoms with E-state index in [2.05, 4.69) is 11.2 Å². The lowest BCUT2D eigenvalue weighted by Gasteiger charge is -2.19. The Bertz CT molecular complexity index is 636. The van der Waals surface area contributed by atoms with Crippen LogP contribution in [-0.2, 0) is 27.3 Å². The van der Waals surface area contributed by atoms with E-state index in [0.717, 1.165) is 11.1 Å². The monoisotopic (exact) mass is 317 g/mol. The van der Waals surface area contributed by atoms with Crippen molar-refractivity contribution in [3.05, 3.63) is 34.4 Å². The van der Waals surface area contributed by atoms with E-state index < -0.39 is 11.6 Å². The van der Waals surface area contributed by atoms with E-state index in [9.17, 15) is 9.59 Å². The van der Waals surface area contributed by atoms with E-state index in [1.807, 2.05) is 27.7 Å². The molecule has 0 amide bonds. The van der Waals surface area contributed by atoms with Gasteiger partial charge in [0, 0.05) is 12.1 Å². The largest absolute Gasteiger partial charge is 0.481 e. The summed E-state index contributed by atoms with van der Waals surface area (Å²) in [6.07, 6.45) is 5.38. The number of benzene rings is 1. The molecule has 0 fully saturated rings. The third-order valence-corrected chi connectivity index (χ3v) is 3.09. The normalized spacial score (nSPS) is 10.9. The molecule has 0 spiro atoms. The number of carbonyl (C=O) groups excluding carboxylic acids is 1. The highest BCUT2D eigenvalue weighted by Crippen LogP contribution is 2.17. The summed E-state index contributed by atoms with van der Waals surface area (Å²) in [4.78, 5) is 22.5. The number of ether oxygens (including phenoxy) is 1. The first-order chi connectivity index (χ1) is 10.6. The third kappa shape index (κ3) is 6.54. The summed E-state index contributed by atoms with van der Waals surface area (Å²) in [6.45, 7) is 7.79. The molecule has 0 bridgehead atoms. The van der Waals surface area contributed by atoms with Gasteiger partial charge in [-0.1, -0.05) is 12.0 Å². The summed E-state index contributed by atoms with van der Waals surface area (Å²) in [7, 11) is 0. The summed E-state index contributed by atoms with van der Waals surface area (Å²) in [5.74, 6) is 1.32. The standard InChI is InChI=1S/C18H23NO4/c1-6-14-7-13(9-16(20)21)8-15(12(14)2)10-19-11-17(22)23-18(3,4)5/h1,7-8,19H,9-11H2,2-5H3,(H,20,21). The van der Waals surface area contributed by atoms with Gasteiger partial charge < -0.3 is 15.2 Å². The Labute approximate surface area is 137 Å². The highest BCUT2D eigenvalue weighted by atomic mass is 16.6. The number of carboxylic acids is 1. The molecule has 0 atom stereocenters. The number of nitrogens with one attached hydrogen (secondary N) is 1. The van der Waals surface area contributed by atoms with Crippen LogP contribution in [-0.4, -0.2) is 29.2 Å². The van der Waals surface area contributed by atoms with Gasteiger partial charge in [0.05, 0.1) is 13.0 Å². The van der Waals surface area contributed by atoms with Crippen molar-refractivity contribution in [3.63, 3.8) is 0 Å². The molecule has 5 heteroatoms. The number of terminal acetylenes is 1. The van der Waals surface area contributed by atoms with E-state index >= 15 is 0 Å². The van der Waals surface area contributed by atoms with Gasteiger partial charge >= 0.3 is 11.9 Å². The maximum Gasteiger partial charge on any atom is 0.320 e. The van der Waals surface area contributed by atoms with Gasteiger partial charge in [-0.05, 0) is 50.5 Å². The van der Waals surface area contributed by atoms with Crippen molar-refractivity contribution in [2.24, 2.45) is 0 Å². The molecule has 23 heavy (non-hydrogen) atoms. The first kappa shape index (κ1) is 18.7. The zero-order chi connectivity index (χ0) is 17.6. The van der Waals surface area contributed by atoms with Crippen molar-refractivity contribution in [1.82, 2.24) is 5.32 Å². The third-order valence-electron chi connectivity index (χ3n) is 3.09. The van der Waals surface area contributed by atoms with Crippen molar-refractivity contribution in [2.75, 3.05) is 6.54 Å². The van der Waals surface area contributed by atoms with Gasteiger partial charge in [-0.2, -0.15) is 0 Å². The van der Waals surface area contributed by atoms with Crippen LogP contribution in [0.2, 0.25) is 0 Å². The fraction of sp³-hybridized carbons (Fsp3) is 0.444. The van der Waals surface area contributed by atoms with Crippen molar-refractivity contribution in [2.45, 2.75) is 46.3 Å². The molecule has 0 aromatic heterocycles. The lowest BCUT2D eigenvalue weighted by atomic mass is 9.97. The molecule has 2 N–H and O–H groups in total. The maximum absolute atomic E-state index is 11.7. The number of carbonyl (C=O) groups is 2. The quantitative estimate of drug-likeness (QED) is 0.620. The number of rotatable bonds is 6. The molecule has 1 aromatic carbocycles. The van der Waals surface area contributed by atoms with Gasteiger partial charge in [0.2, 0.25) is 0 Å². The van der Waals surface area contributed by atoms with Crippen LogP contribution in [0.3, 0.4) is 0 Å². The van der Waals surface area contributed by atoms with Crippen LogP contribution in [0, 0.1) is 19.3 Å². The first-order valence-electron chi connectivity index (χ1n) is 7.35. The molecule has 5 nitrogen and oxygen atoms in total. The fourth-order valence-corrected chi connectivity index (χ4v) is 2.13. The minimum Gasteiger partial charge on any atom is -0.481 e. The van der Waals surface area contributed by atoms with Gasteiger partial charge in [0.15, 0.2) is 0 Å². The van der Waals surface area contributed by atoms with Gasteiger partial charge in [-0.15, -0.1) is 6.42 Å². The second-order valence-corrected chi connectivity index (χ2v) is 6.33. The average molecular weight is 317 g/mol. The molecule has 124 valence electrons. The molecule has 0 saturated carbocycles. The van der Waals surface area contributed by atoms with Gasteiger partial charge in [-0.3, -0.25) is 9.59 Å². The molecule has 0 saturated heterocycles. The van der Waals surface area contributed by atoms with Crippen molar-refractivity contribution < 1.29 is 19.4 Å². The van der Waals surface area contributed by atoms with E-state index in [0.29, 0.717) is 17.7 Å². The molecule has 0 aliphatic heterocycles. The van der Waals surface area contributed by atoms with Gasteiger partial charge in [0.1, 0.15) is 5.60 Å². The summed E-state index contributed by atoms with van der Waals surface area (Å²) in [5, 5.41) is 11.9. The number of carboxylic acid groups (broad SMARTS) is 1. The Morgan fingerprint density at radius 3 is 2.52 bits per heavy atom. The van der Waals surface area contributed by atoms with Crippen LogP contribution in [0.1, 0.15) is 43.0 Å². The summed E-state index contributed by atoms with van der Waals surface area (Å²) in [5.41, 5.74) is 2.56. The van der Waals surface area contributed by atoms with Crippen LogP contribution in [0.4, 0.5) is 0 Å². The topological polar surface area (TPSA) is 75.6 Å².